The van der Waals surface area contributed by atoms with Crippen molar-refractivity contribution in [2.24, 2.45) is 0 Å². The van der Waals surface area contributed by atoms with Crippen LogP contribution in [-0.4, -0.2) is 16.1 Å². The molecule has 0 spiro atoms. The molecule has 0 aliphatic heterocycles. The summed E-state index contributed by atoms with van der Waals surface area (Å²) in [6.45, 7) is 2.20. The molecule has 4 nitrogen and oxygen atoms in total. The average molecular weight is 368 g/mol. The Morgan fingerprint density at radius 1 is 1.19 bits per heavy atom. The van der Waals surface area contributed by atoms with Crippen LogP contribution >= 0.6 is 27.3 Å². The summed E-state index contributed by atoms with van der Waals surface area (Å²) in [5, 5.41) is 12.5. The van der Waals surface area contributed by atoms with Gasteiger partial charge in [-0.05, 0) is 30.7 Å². The van der Waals surface area contributed by atoms with Crippen LogP contribution in [0.3, 0.4) is 0 Å². The molecule has 1 aromatic heterocycles. The summed E-state index contributed by atoms with van der Waals surface area (Å²) >= 11 is 4.80. The molecule has 2 rings (SSSR count). The fourth-order valence-electron chi connectivity index (χ4n) is 1.88. The lowest BCUT2D eigenvalue weighted by molar-refractivity contribution is 0.102. The number of nitrogens with zero attached hydrogens (tertiary/aromatic N) is 2. The monoisotopic (exact) mass is 367 g/mol. The molecule has 1 N–H and O–H groups in total. The molecule has 0 fully saturated rings. The largest absolute Gasteiger partial charge is 0.296 e. The zero-order chi connectivity index (χ0) is 15.1. The molecule has 0 aliphatic carbocycles. The van der Waals surface area contributed by atoms with E-state index in [1.54, 1.807) is 12.1 Å². The first kappa shape index (κ1) is 16.1. The molecule has 0 saturated carbocycles. The molecular weight excluding hydrogens is 350 g/mol. The van der Waals surface area contributed by atoms with Crippen molar-refractivity contribution in [3.05, 3.63) is 39.3 Å². The molecule has 1 aromatic carbocycles. The highest BCUT2D eigenvalue weighted by atomic mass is 79.9. The van der Waals surface area contributed by atoms with E-state index in [2.05, 4.69) is 38.4 Å². The maximum Gasteiger partial charge on any atom is 0.257 e. The second-order valence-electron chi connectivity index (χ2n) is 4.77. The number of anilines is 1. The zero-order valence-corrected chi connectivity index (χ0v) is 14.3. The molecule has 0 unspecified atom stereocenters. The number of amides is 1. The summed E-state index contributed by atoms with van der Waals surface area (Å²) in [6.07, 6.45) is 5.77. The number of hydrogen-bond donors (Lipinski definition) is 1. The first-order valence-corrected chi connectivity index (χ1v) is 8.69. The van der Waals surface area contributed by atoms with Crippen LogP contribution in [0.25, 0.3) is 0 Å². The van der Waals surface area contributed by atoms with Crippen LogP contribution in [0.5, 0.6) is 0 Å². The third kappa shape index (κ3) is 5.21. The third-order valence-corrected chi connectivity index (χ3v) is 4.47. The van der Waals surface area contributed by atoms with Gasteiger partial charge >= 0.3 is 0 Å². The lowest BCUT2D eigenvalue weighted by Gasteiger charge is -2.00. The van der Waals surface area contributed by atoms with Crippen molar-refractivity contribution in [3.8, 4) is 0 Å². The van der Waals surface area contributed by atoms with E-state index in [0.717, 1.165) is 22.3 Å². The highest BCUT2D eigenvalue weighted by Crippen LogP contribution is 2.19. The van der Waals surface area contributed by atoms with E-state index in [-0.39, 0.29) is 5.91 Å². The van der Waals surface area contributed by atoms with E-state index >= 15 is 0 Å². The number of carbonyl (C=O) groups is 1. The van der Waals surface area contributed by atoms with Crippen LogP contribution < -0.4 is 5.32 Å². The van der Waals surface area contributed by atoms with Gasteiger partial charge in [-0.1, -0.05) is 53.5 Å². The van der Waals surface area contributed by atoms with E-state index < -0.39 is 0 Å². The minimum Gasteiger partial charge on any atom is -0.296 e. The second kappa shape index (κ2) is 8.24. The fourth-order valence-corrected chi connectivity index (χ4v) is 2.92. The lowest BCUT2D eigenvalue weighted by atomic mass is 10.2. The number of nitrogens with one attached hydrogen (secondary N) is 1. The van der Waals surface area contributed by atoms with Gasteiger partial charge in [0.25, 0.3) is 5.91 Å². The molecule has 21 heavy (non-hydrogen) atoms. The highest BCUT2D eigenvalue weighted by Gasteiger charge is 2.10. The van der Waals surface area contributed by atoms with Crippen molar-refractivity contribution >= 4 is 38.3 Å². The maximum absolute atomic E-state index is 12.0. The maximum atomic E-state index is 12.0. The van der Waals surface area contributed by atoms with Crippen molar-refractivity contribution in [2.45, 2.75) is 39.0 Å². The van der Waals surface area contributed by atoms with Crippen molar-refractivity contribution in [1.29, 1.82) is 0 Å². The first-order chi connectivity index (χ1) is 10.2. The lowest BCUT2D eigenvalue weighted by Crippen LogP contribution is -2.11. The van der Waals surface area contributed by atoms with Crippen LogP contribution in [0, 0.1) is 0 Å². The summed E-state index contributed by atoms with van der Waals surface area (Å²) in [7, 11) is 0. The van der Waals surface area contributed by atoms with Gasteiger partial charge in [0, 0.05) is 16.5 Å². The number of aryl methyl sites for hydroxylation is 1. The van der Waals surface area contributed by atoms with Crippen molar-refractivity contribution < 1.29 is 4.79 Å². The van der Waals surface area contributed by atoms with Gasteiger partial charge in [0.2, 0.25) is 5.13 Å². The van der Waals surface area contributed by atoms with Gasteiger partial charge in [0.05, 0.1) is 0 Å². The predicted octanol–water partition coefficient (Wildman–Crippen LogP) is 4.68. The van der Waals surface area contributed by atoms with Crippen LogP contribution in [0.2, 0.25) is 0 Å². The number of unbranched alkanes of at least 4 members (excludes halogenated alkanes) is 3. The van der Waals surface area contributed by atoms with Crippen molar-refractivity contribution in [1.82, 2.24) is 10.2 Å². The molecule has 1 amide bonds. The molecule has 112 valence electrons. The molecule has 0 bridgehead atoms. The second-order valence-corrected chi connectivity index (χ2v) is 6.75. The van der Waals surface area contributed by atoms with E-state index in [1.807, 2.05) is 12.1 Å². The quantitative estimate of drug-likeness (QED) is 0.723. The minimum atomic E-state index is -0.156. The topological polar surface area (TPSA) is 54.9 Å². The normalized spacial score (nSPS) is 10.6. The van der Waals surface area contributed by atoms with Crippen LogP contribution in [0.15, 0.2) is 28.7 Å². The van der Waals surface area contributed by atoms with Crippen LogP contribution in [-0.2, 0) is 6.42 Å². The smallest absolute Gasteiger partial charge is 0.257 e. The summed E-state index contributed by atoms with van der Waals surface area (Å²) in [4.78, 5) is 12.0. The van der Waals surface area contributed by atoms with Gasteiger partial charge < -0.3 is 0 Å². The number of benzene rings is 1. The van der Waals surface area contributed by atoms with E-state index in [1.165, 1.54) is 30.6 Å². The van der Waals surface area contributed by atoms with Crippen molar-refractivity contribution in [2.75, 3.05) is 5.32 Å². The molecule has 0 saturated heterocycles. The molecule has 2 aromatic rings. The molecule has 0 radical (unpaired) electrons. The molecular formula is C15H18BrN3OS. The Hall–Kier alpha value is -1.27. The average Bonchev–Trinajstić information content (AvgIpc) is 2.92. The Kier molecular flexibility index (Phi) is 6.32. The Bertz CT molecular complexity index is 583. The molecule has 6 heteroatoms. The van der Waals surface area contributed by atoms with Crippen LogP contribution in [0.4, 0.5) is 5.13 Å². The number of hydrogen-bond acceptors (Lipinski definition) is 4. The minimum absolute atomic E-state index is 0.156. The zero-order valence-electron chi connectivity index (χ0n) is 11.9. The predicted molar refractivity (Wildman–Crippen MR) is 89.9 cm³/mol. The van der Waals surface area contributed by atoms with Gasteiger partial charge in [-0.3, -0.25) is 10.1 Å². The van der Waals surface area contributed by atoms with E-state index in [4.69, 9.17) is 0 Å². The number of halogens is 1. The third-order valence-electron chi connectivity index (χ3n) is 3.04. The Balaban J connectivity index is 1.87. The van der Waals surface area contributed by atoms with Gasteiger partial charge in [0.15, 0.2) is 0 Å². The molecule has 1 heterocycles. The van der Waals surface area contributed by atoms with E-state index in [0.29, 0.717) is 10.7 Å². The van der Waals surface area contributed by atoms with Gasteiger partial charge in [0.1, 0.15) is 5.01 Å². The summed E-state index contributed by atoms with van der Waals surface area (Å²) in [5.41, 5.74) is 0.609. The van der Waals surface area contributed by atoms with E-state index in [9.17, 15) is 4.79 Å². The summed E-state index contributed by atoms with van der Waals surface area (Å²) in [6, 6.07) is 7.22. The Morgan fingerprint density at radius 3 is 2.67 bits per heavy atom. The summed E-state index contributed by atoms with van der Waals surface area (Å²) < 4.78 is 0.948. The van der Waals surface area contributed by atoms with Gasteiger partial charge in [-0.2, -0.15) is 0 Å². The summed E-state index contributed by atoms with van der Waals surface area (Å²) in [5.74, 6) is -0.156. The number of rotatable bonds is 7. The Morgan fingerprint density at radius 2 is 1.95 bits per heavy atom. The van der Waals surface area contributed by atoms with Gasteiger partial charge in [-0.25, -0.2) is 0 Å². The van der Waals surface area contributed by atoms with Crippen molar-refractivity contribution in [3.63, 3.8) is 0 Å². The molecule has 0 aliphatic rings. The number of aromatic nitrogens is 2. The molecule has 0 atom stereocenters. The van der Waals surface area contributed by atoms with Gasteiger partial charge in [-0.15, -0.1) is 10.2 Å². The standard InChI is InChI=1S/C15H18BrN3OS/c1-2-3-4-5-6-13-18-19-15(21-13)17-14(20)11-7-9-12(16)10-8-11/h7-10H,2-6H2,1H3,(H,17,19,20). The fraction of sp³-hybridized carbons (Fsp3) is 0.400. The SMILES string of the molecule is CCCCCCc1nnc(NC(=O)c2ccc(Br)cc2)s1. The number of carbonyl (C=O) groups excluding carboxylic acids is 1. The Labute approximate surface area is 137 Å². The first-order valence-electron chi connectivity index (χ1n) is 7.08. The van der Waals surface area contributed by atoms with Crippen LogP contribution in [0.1, 0.15) is 48.0 Å². The highest BCUT2D eigenvalue weighted by molar-refractivity contribution is 9.10.